The highest BCUT2D eigenvalue weighted by molar-refractivity contribution is 14.1. The van der Waals surface area contributed by atoms with Gasteiger partial charge in [-0.1, -0.05) is 29.9 Å². The molecule has 30 heavy (non-hydrogen) atoms. The summed E-state index contributed by atoms with van der Waals surface area (Å²) in [6, 6.07) is 8.98. The van der Waals surface area contributed by atoms with Crippen LogP contribution in [0.5, 0.6) is 23.0 Å². The van der Waals surface area contributed by atoms with Crippen molar-refractivity contribution in [2.45, 2.75) is 0 Å². The topological polar surface area (TPSA) is 57.2 Å². The van der Waals surface area contributed by atoms with Gasteiger partial charge in [0.25, 0.3) is 5.91 Å². The number of hydrogen-bond donors (Lipinski definition) is 0. The van der Waals surface area contributed by atoms with E-state index in [1.807, 2.05) is 6.07 Å². The number of nitrogens with zero attached hydrogens (tertiary/aromatic N) is 1. The van der Waals surface area contributed by atoms with Gasteiger partial charge in [0.15, 0.2) is 27.3 Å². The van der Waals surface area contributed by atoms with Crippen LogP contribution >= 0.6 is 46.6 Å². The number of fused-ring (bicyclic) bond motifs is 1. The van der Waals surface area contributed by atoms with E-state index in [9.17, 15) is 4.79 Å². The zero-order valence-electron chi connectivity index (χ0n) is 15.6. The lowest BCUT2D eigenvalue weighted by atomic mass is 10.1. The van der Waals surface area contributed by atoms with Crippen molar-refractivity contribution in [3.63, 3.8) is 0 Å². The first-order chi connectivity index (χ1) is 14.5. The van der Waals surface area contributed by atoms with Crippen LogP contribution in [-0.4, -0.2) is 30.7 Å². The molecule has 2 aliphatic rings. The molecule has 152 valence electrons. The lowest BCUT2D eigenvalue weighted by Gasteiger charge is -2.15. The predicted octanol–water partition coefficient (Wildman–Crippen LogP) is 4.45. The minimum absolute atomic E-state index is 0.139. The van der Waals surface area contributed by atoms with Gasteiger partial charge >= 0.3 is 0 Å². The first kappa shape index (κ1) is 20.8. The molecule has 1 saturated heterocycles. The normalized spacial score (nSPS) is 16.2. The second-order valence-electron chi connectivity index (χ2n) is 6.08. The van der Waals surface area contributed by atoms with Gasteiger partial charge in [0.2, 0.25) is 6.79 Å². The van der Waals surface area contributed by atoms with Crippen LogP contribution < -0.4 is 23.8 Å². The Morgan fingerprint density at radius 2 is 2.13 bits per heavy atom. The van der Waals surface area contributed by atoms with E-state index >= 15 is 0 Å². The van der Waals surface area contributed by atoms with Gasteiger partial charge in [0.1, 0.15) is 6.61 Å². The number of methoxy groups -OCH3 is 1. The third-order valence-electron chi connectivity index (χ3n) is 4.26. The Balaban J connectivity index is 1.64. The molecular weight excluding hydrogens is 537 g/mol. The monoisotopic (exact) mass is 551 g/mol. The van der Waals surface area contributed by atoms with Crippen LogP contribution in [0.25, 0.3) is 6.08 Å². The Labute approximate surface area is 196 Å². The summed E-state index contributed by atoms with van der Waals surface area (Å²) in [7, 11) is 1.55. The van der Waals surface area contributed by atoms with Crippen LogP contribution in [0.1, 0.15) is 5.56 Å². The fourth-order valence-corrected chi connectivity index (χ4v) is 5.02. The number of carbonyl (C=O) groups excluding carboxylic acids is 1. The van der Waals surface area contributed by atoms with Crippen LogP contribution in [0.15, 0.2) is 35.2 Å². The number of carbonyl (C=O) groups is 1. The van der Waals surface area contributed by atoms with Crippen molar-refractivity contribution < 1.29 is 23.7 Å². The van der Waals surface area contributed by atoms with Crippen molar-refractivity contribution in [3.8, 4) is 35.3 Å². The second-order valence-corrected chi connectivity index (χ2v) is 8.92. The SMILES string of the molecule is C#CCOc1c(I)cc(/C=C2/SC(=S)N(c3ccc4c(c3)OCO4)C2=O)cc1OC. The molecule has 0 atom stereocenters. The lowest BCUT2D eigenvalue weighted by molar-refractivity contribution is -0.113. The lowest BCUT2D eigenvalue weighted by Crippen LogP contribution is -2.27. The van der Waals surface area contributed by atoms with Crippen LogP contribution in [-0.2, 0) is 4.79 Å². The van der Waals surface area contributed by atoms with Gasteiger partial charge in [0, 0.05) is 6.07 Å². The number of ether oxygens (including phenoxy) is 4. The molecule has 0 saturated carbocycles. The van der Waals surface area contributed by atoms with Crippen LogP contribution in [0.2, 0.25) is 0 Å². The zero-order chi connectivity index (χ0) is 21.3. The third kappa shape index (κ3) is 3.95. The van der Waals surface area contributed by atoms with Gasteiger partial charge in [-0.15, -0.1) is 6.42 Å². The molecule has 0 spiro atoms. The first-order valence-corrected chi connectivity index (χ1v) is 10.9. The molecule has 2 aromatic rings. The van der Waals surface area contributed by atoms with Gasteiger partial charge in [-0.3, -0.25) is 9.69 Å². The molecule has 0 N–H and O–H groups in total. The molecule has 2 aliphatic heterocycles. The number of hydrogen-bond acceptors (Lipinski definition) is 7. The Kier molecular flexibility index (Phi) is 6.08. The first-order valence-electron chi connectivity index (χ1n) is 8.63. The highest BCUT2D eigenvalue weighted by Gasteiger charge is 2.34. The van der Waals surface area contributed by atoms with Crippen molar-refractivity contribution >= 4 is 68.6 Å². The molecule has 1 fully saturated rings. The Hall–Kier alpha value is -2.42. The van der Waals surface area contributed by atoms with Gasteiger partial charge in [0.05, 0.1) is 21.3 Å². The molecule has 0 unspecified atom stereocenters. The summed E-state index contributed by atoms with van der Waals surface area (Å²) >= 11 is 8.84. The molecule has 4 rings (SSSR count). The van der Waals surface area contributed by atoms with E-state index in [1.165, 1.54) is 16.7 Å². The summed E-state index contributed by atoms with van der Waals surface area (Å²) in [4.78, 5) is 15.1. The molecule has 0 bridgehead atoms. The van der Waals surface area contributed by atoms with Gasteiger partial charge < -0.3 is 18.9 Å². The fraction of sp³-hybridized carbons (Fsp3) is 0.143. The van der Waals surface area contributed by atoms with Gasteiger partial charge in [-0.05, 0) is 58.5 Å². The van der Waals surface area contributed by atoms with E-state index in [0.717, 1.165) is 9.13 Å². The zero-order valence-corrected chi connectivity index (χ0v) is 19.4. The number of terminal acetylenes is 1. The van der Waals surface area contributed by atoms with Crippen molar-refractivity contribution in [1.82, 2.24) is 0 Å². The maximum atomic E-state index is 13.1. The standard InChI is InChI=1S/C21H14INO5S2/c1-3-6-26-19-14(22)7-12(8-17(19)25-2)9-18-20(24)23(21(29)30-18)13-4-5-15-16(10-13)28-11-27-15/h1,4-5,7-10H,6,11H2,2H3/b18-9+. The molecule has 6 nitrogen and oxygen atoms in total. The second kappa shape index (κ2) is 8.75. The Morgan fingerprint density at radius 3 is 2.90 bits per heavy atom. The van der Waals surface area contributed by atoms with E-state index in [-0.39, 0.29) is 19.3 Å². The van der Waals surface area contributed by atoms with E-state index in [2.05, 4.69) is 28.5 Å². The smallest absolute Gasteiger partial charge is 0.270 e. The van der Waals surface area contributed by atoms with Crippen molar-refractivity contribution in [3.05, 3.63) is 44.4 Å². The number of rotatable bonds is 5. The van der Waals surface area contributed by atoms with Crippen molar-refractivity contribution in [2.75, 3.05) is 25.4 Å². The average Bonchev–Trinajstić information content (AvgIpc) is 3.30. The summed E-state index contributed by atoms with van der Waals surface area (Å²) in [6.07, 6.45) is 7.06. The summed E-state index contributed by atoms with van der Waals surface area (Å²) in [5, 5.41) is 0. The van der Waals surface area contributed by atoms with Gasteiger partial charge in [-0.2, -0.15) is 0 Å². The Bertz CT molecular complexity index is 1130. The molecule has 2 heterocycles. The summed E-state index contributed by atoms with van der Waals surface area (Å²) in [6.45, 7) is 0.304. The highest BCUT2D eigenvalue weighted by atomic mass is 127. The number of thioether (sulfide) groups is 1. The minimum atomic E-state index is -0.203. The third-order valence-corrected chi connectivity index (χ3v) is 6.36. The van der Waals surface area contributed by atoms with Crippen LogP contribution in [0.3, 0.4) is 0 Å². The summed E-state index contributed by atoms with van der Waals surface area (Å²) in [5.74, 6) is 4.58. The minimum Gasteiger partial charge on any atom is -0.493 e. The summed E-state index contributed by atoms with van der Waals surface area (Å²) in [5.41, 5.74) is 1.42. The van der Waals surface area contributed by atoms with Crippen LogP contribution in [0.4, 0.5) is 5.69 Å². The molecule has 0 aliphatic carbocycles. The van der Waals surface area contributed by atoms with Crippen molar-refractivity contribution in [2.24, 2.45) is 0 Å². The largest absolute Gasteiger partial charge is 0.493 e. The molecule has 1 amide bonds. The highest BCUT2D eigenvalue weighted by Crippen LogP contribution is 2.41. The maximum absolute atomic E-state index is 13.1. The van der Waals surface area contributed by atoms with E-state index in [1.54, 1.807) is 37.5 Å². The number of anilines is 1. The van der Waals surface area contributed by atoms with E-state index < -0.39 is 0 Å². The fourth-order valence-electron chi connectivity index (χ4n) is 2.94. The summed E-state index contributed by atoms with van der Waals surface area (Å²) < 4.78 is 23.0. The molecule has 2 aromatic carbocycles. The quantitative estimate of drug-likeness (QED) is 0.236. The number of halogens is 1. The predicted molar refractivity (Wildman–Crippen MR) is 128 cm³/mol. The van der Waals surface area contributed by atoms with Crippen LogP contribution in [0, 0.1) is 15.9 Å². The van der Waals surface area contributed by atoms with Gasteiger partial charge in [-0.25, -0.2) is 0 Å². The molecule has 0 aromatic heterocycles. The molecule has 0 radical (unpaired) electrons. The average molecular weight is 551 g/mol. The number of thiocarbonyl (C=S) groups is 1. The van der Waals surface area contributed by atoms with Crippen molar-refractivity contribution in [1.29, 1.82) is 0 Å². The maximum Gasteiger partial charge on any atom is 0.270 e. The molecular formula is C21H14INO5S2. The number of benzene rings is 2. The number of amides is 1. The van der Waals surface area contributed by atoms with E-state index in [0.29, 0.717) is 37.9 Å². The van der Waals surface area contributed by atoms with E-state index in [4.69, 9.17) is 37.6 Å². The molecule has 9 heteroatoms. The Morgan fingerprint density at radius 1 is 1.33 bits per heavy atom.